The van der Waals surface area contributed by atoms with E-state index >= 15 is 0 Å². The molecule has 0 spiro atoms. The van der Waals surface area contributed by atoms with Gasteiger partial charge in [0, 0.05) is 24.7 Å². The topological polar surface area (TPSA) is 81.9 Å². The lowest BCUT2D eigenvalue weighted by Gasteiger charge is -2.26. The van der Waals surface area contributed by atoms with E-state index in [4.69, 9.17) is 13.9 Å². The molecule has 0 atom stereocenters. The Labute approximate surface area is 175 Å². The third-order valence-corrected chi connectivity index (χ3v) is 6.97. The Morgan fingerprint density at radius 3 is 2.37 bits per heavy atom. The molecule has 0 saturated carbocycles. The van der Waals surface area contributed by atoms with E-state index in [1.165, 1.54) is 12.1 Å². The average molecular weight is 426 g/mol. The highest BCUT2D eigenvalue weighted by molar-refractivity contribution is 7.91. The summed E-state index contributed by atoms with van der Waals surface area (Å²) < 4.78 is 44.3. The summed E-state index contributed by atoms with van der Waals surface area (Å²) >= 11 is 0. The summed E-state index contributed by atoms with van der Waals surface area (Å²) in [4.78, 5) is 6.54. The van der Waals surface area contributed by atoms with Gasteiger partial charge in [0.15, 0.2) is 11.5 Å². The maximum absolute atomic E-state index is 13.6. The zero-order chi connectivity index (χ0) is 20.6. The van der Waals surface area contributed by atoms with E-state index in [2.05, 4.69) is 4.98 Å². The van der Waals surface area contributed by atoms with Crippen LogP contribution >= 0.6 is 0 Å². The van der Waals surface area contributed by atoms with Gasteiger partial charge in [-0.2, -0.15) is 4.98 Å². The summed E-state index contributed by atoms with van der Waals surface area (Å²) in [5, 5.41) is -0.0556. The highest BCUT2D eigenvalue weighted by Crippen LogP contribution is 2.38. The van der Waals surface area contributed by atoms with Gasteiger partial charge in [-0.05, 0) is 43.5 Å². The number of hydrogen-bond acceptors (Lipinski definition) is 7. The van der Waals surface area contributed by atoms with Crippen LogP contribution in [0.25, 0.3) is 11.5 Å². The lowest BCUT2D eigenvalue weighted by atomic mass is 10.1. The minimum absolute atomic E-state index is 0.0556. The number of nitrogens with zero attached hydrogens (tertiary/aromatic N) is 2. The third-order valence-electron chi connectivity index (χ3n) is 5.32. The second-order valence-corrected chi connectivity index (χ2v) is 9.22. The van der Waals surface area contributed by atoms with Gasteiger partial charge in [0.2, 0.25) is 26.6 Å². The minimum atomic E-state index is -3.92. The van der Waals surface area contributed by atoms with E-state index in [0.29, 0.717) is 36.5 Å². The van der Waals surface area contributed by atoms with Crippen molar-refractivity contribution in [2.75, 3.05) is 31.2 Å². The van der Waals surface area contributed by atoms with Crippen LogP contribution in [-0.2, 0) is 9.84 Å². The highest BCUT2D eigenvalue weighted by atomic mass is 32.2. The molecule has 1 fully saturated rings. The molecule has 0 amide bonds. The summed E-state index contributed by atoms with van der Waals surface area (Å²) in [6, 6.07) is 14.0. The van der Waals surface area contributed by atoms with Crippen molar-refractivity contribution >= 4 is 15.7 Å². The maximum Gasteiger partial charge on any atom is 0.236 e. The van der Waals surface area contributed by atoms with Crippen LogP contribution in [0.2, 0.25) is 0 Å². The Bertz CT molecular complexity index is 1150. The van der Waals surface area contributed by atoms with Crippen molar-refractivity contribution < 1.29 is 22.3 Å². The van der Waals surface area contributed by atoms with Gasteiger partial charge in [0.25, 0.3) is 0 Å². The van der Waals surface area contributed by atoms with Crippen LogP contribution in [0.4, 0.5) is 5.88 Å². The molecule has 8 heteroatoms. The lowest BCUT2D eigenvalue weighted by molar-refractivity contribution is 0.171. The van der Waals surface area contributed by atoms with E-state index < -0.39 is 9.84 Å². The van der Waals surface area contributed by atoms with Crippen molar-refractivity contribution in [1.82, 2.24) is 4.98 Å². The first-order chi connectivity index (χ1) is 14.6. The average Bonchev–Trinajstić information content (AvgIpc) is 3.26. The number of piperidine rings is 1. The van der Waals surface area contributed by atoms with Crippen LogP contribution in [0, 0.1) is 0 Å². The molecule has 2 aromatic carbocycles. The van der Waals surface area contributed by atoms with Crippen LogP contribution in [0.15, 0.2) is 62.9 Å². The van der Waals surface area contributed by atoms with Crippen molar-refractivity contribution in [3.8, 4) is 23.0 Å². The minimum Gasteiger partial charge on any atom is -0.486 e. The van der Waals surface area contributed by atoms with Gasteiger partial charge in [0.1, 0.15) is 13.2 Å². The standard InChI is InChI=1S/C22H22N2O5S/c25-30(26,17-9-10-18-19(15-17)28-14-13-27-18)21-22(24-11-5-2-6-12-24)29-20(23-21)16-7-3-1-4-8-16/h1,3-4,7-10,15H,2,5-6,11-14H2. The molecule has 3 heterocycles. The van der Waals surface area contributed by atoms with Gasteiger partial charge in [0.05, 0.1) is 4.90 Å². The molecule has 3 aromatic rings. The van der Waals surface area contributed by atoms with E-state index in [9.17, 15) is 8.42 Å². The molecular formula is C22H22N2O5S. The SMILES string of the molecule is O=S(=O)(c1ccc2c(c1)OCCO2)c1nc(-c2ccccc2)oc1N1CCCCC1. The Morgan fingerprint density at radius 2 is 1.60 bits per heavy atom. The molecule has 2 aliphatic rings. The first-order valence-electron chi connectivity index (χ1n) is 10.1. The van der Waals surface area contributed by atoms with Crippen LogP contribution < -0.4 is 14.4 Å². The molecule has 2 aliphatic heterocycles. The van der Waals surface area contributed by atoms with Gasteiger partial charge >= 0.3 is 0 Å². The van der Waals surface area contributed by atoms with Gasteiger partial charge in [-0.25, -0.2) is 8.42 Å². The maximum atomic E-state index is 13.6. The number of ether oxygens (including phenoxy) is 2. The number of rotatable bonds is 4. The van der Waals surface area contributed by atoms with E-state index in [1.807, 2.05) is 35.2 Å². The Balaban J connectivity index is 1.62. The number of sulfone groups is 1. The van der Waals surface area contributed by atoms with Crippen molar-refractivity contribution in [2.45, 2.75) is 29.2 Å². The normalized spacial score (nSPS) is 16.5. The molecule has 1 saturated heterocycles. The molecule has 1 aromatic heterocycles. The Morgan fingerprint density at radius 1 is 0.867 bits per heavy atom. The van der Waals surface area contributed by atoms with Crippen molar-refractivity contribution in [3.63, 3.8) is 0 Å². The predicted octanol–water partition coefficient (Wildman–Crippen LogP) is 3.94. The largest absolute Gasteiger partial charge is 0.486 e. The summed E-state index contributed by atoms with van der Waals surface area (Å²) in [6.45, 7) is 2.32. The zero-order valence-electron chi connectivity index (χ0n) is 16.4. The summed E-state index contributed by atoms with van der Waals surface area (Å²) in [5.74, 6) is 1.57. The number of aromatic nitrogens is 1. The summed E-state index contributed by atoms with van der Waals surface area (Å²) in [6.07, 6.45) is 3.11. The van der Waals surface area contributed by atoms with Crippen LogP contribution in [0.1, 0.15) is 19.3 Å². The highest BCUT2D eigenvalue weighted by Gasteiger charge is 2.33. The summed E-state index contributed by atoms with van der Waals surface area (Å²) in [5.41, 5.74) is 0.736. The second kappa shape index (κ2) is 7.68. The van der Waals surface area contributed by atoms with Crippen molar-refractivity contribution in [2.24, 2.45) is 0 Å². The fourth-order valence-electron chi connectivity index (χ4n) is 3.78. The second-order valence-electron chi connectivity index (χ2n) is 7.35. The van der Waals surface area contributed by atoms with Gasteiger partial charge < -0.3 is 18.8 Å². The number of fused-ring (bicyclic) bond motifs is 1. The Hall–Kier alpha value is -3.00. The molecule has 0 radical (unpaired) electrons. The Kier molecular flexibility index (Phi) is 4.86. The van der Waals surface area contributed by atoms with E-state index in [-0.39, 0.29) is 9.92 Å². The third kappa shape index (κ3) is 3.41. The first kappa shape index (κ1) is 19.0. The number of anilines is 1. The molecule has 0 aliphatic carbocycles. The lowest BCUT2D eigenvalue weighted by Crippen LogP contribution is -2.30. The van der Waals surface area contributed by atoms with E-state index in [1.54, 1.807) is 6.07 Å². The van der Waals surface area contributed by atoms with Crippen molar-refractivity contribution in [3.05, 3.63) is 48.5 Å². The quantitative estimate of drug-likeness (QED) is 0.625. The molecule has 156 valence electrons. The van der Waals surface area contributed by atoms with Gasteiger partial charge in [-0.15, -0.1) is 0 Å². The smallest absolute Gasteiger partial charge is 0.236 e. The zero-order valence-corrected chi connectivity index (χ0v) is 17.2. The van der Waals surface area contributed by atoms with Crippen LogP contribution in [-0.4, -0.2) is 39.7 Å². The molecule has 0 unspecified atom stereocenters. The monoisotopic (exact) mass is 426 g/mol. The van der Waals surface area contributed by atoms with Crippen LogP contribution in [0.3, 0.4) is 0 Å². The molecule has 5 rings (SSSR count). The van der Waals surface area contributed by atoms with Crippen molar-refractivity contribution in [1.29, 1.82) is 0 Å². The molecule has 30 heavy (non-hydrogen) atoms. The van der Waals surface area contributed by atoms with Gasteiger partial charge in [-0.3, -0.25) is 0 Å². The molecular weight excluding hydrogens is 404 g/mol. The molecule has 7 nitrogen and oxygen atoms in total. The first-order valence-corrected chi connectivity index (χ1v) is 11.6. The number of benzene rings is 2. The fourth-order valence-corrected chi connectivity index (χ4v) is 5.11. The summed E-state index contributed by atoms with van der Waals surface area (Å²) in [7, 11) is -3.92. The van der Waals surface area contributed by atoms with E-state index in [0.717, 1.165) is 37.9 Å². The molecule has 0 bridgehead atoms. The number of hydrogen-bond donors (Lipinski definition) is 0. The fraction of sp³-hybridized carbons (Fsp3) is 0.318. The van der Waals surface area contributed by atoms with Gasteiger partial charge in [-0.1, -0.05) is 18.2 Å². The predicted molar refractivity (Wildman–Crippen MR) is 111 cm³/mol. The number of oxazole rings is 1. The molecule has 0 N–H and O–H groups in total. The van der Waals surface area contributed by atoms with Crippen LogP contribution in [0.5, 0.6) is 11.5 Å².